The predicted molar refractivity (Wildman–Crippen MR) is 139 cm³/mol. The quantitative estimate of drug-likeness (QED) is 0.318. The number of anilines is 1. The summed E-state index contributed by atoms with van der Waals surface area (Å²) in [5.41, 5.74) is 4.90. The number of aliphatic hydroxyl groups excluding tert-OH is 1. The molecule has 3 aromatic rings. The van der Waals surface area contributed by atoms with Crippen LogP contribution in [0.4, 0.5) is 5.82 Å². The fraction of sp³-hybridized carbons (Fsp3) is 0.435. The van der Waals surface area contributed by atoms with Gasteiger partial charge in [0.15, 0.2) is 17.0 Å². The summed E-state index contributed by atoms with van der Waals surface area (Å²) in [6.07, 6.45) is 1.45. The SMILES string of the molecule is CC(C)P(O[C@@H](CO)[C@@](C)(OC(=S)Oc1ccccc1)C(=O)n1cnc2c(N)ncnc21)C(C)C. The number of carbonyl (C=O) groups excluding carboxylic acids is 1. The van der Waals surface area contributed by atoms with Crippen molar-refractivity contribution in [2.75, 3.05) is 12.3 Å². The zero-order valence-electron chi connectivity index (χ0n) is 20.3. The molecule has 0 saturated carbocycles. The Morgan fingerprint density at radius 1 is 1.17 bits per heavy atom. The summed E-state index contributed by atoms with van der Waals surface area (Å²) in [6, 6.07) is 8.80. The molecule has 0 amide bonds. The van der Waals surface area contributed by atoms with E-state index < -0.39 is 32.4 Å². The molecule has 35 heavy (non-hydrogen) atoms. The number of fused-ring (bicyclic) bond motifs is 1. The van der Waals surface area contributed by atoms with Crippen LogP contribution in [0.5, 0.6) is 5.75 Å². The Hall–Kier alpha value is -2.72. The molecule has 0 unspecified atom stereocenters. The Kier molecular flexibility index (Phi) is 8.71. The van der Waals surface area contributed by atoms with E-state index in [-0.39, 0.29) is 33.5 Å². The minimum absolute atomic E-state index is 0.130. The lowest BCUT2D eigenvalue weighted by atomic mass is 9.98. The van der Waals surface area contributed by atoms with Gasteiger partial charge in [0.25, 0.3) is 5.91 Å². The Labute approximate surface area is 210 Å². The number of thiocarbonyl (C=S) groups is 1. The second-order valence-electron chi connectivity index (χ2n) is 8.55. The van der Waals surface area contributed by atoms with Crippen LogP contribution in [0.15, 0.2) is 43.0 Å². The van der Waals surface area contributed by atoms with Gasteiger partial charge in [-0.3, -0.25) is 4.79 Å². The highest BCUT2D eigenvalue weighted by molar-refractivity contribution is 7.79. The lowest BCUT2D eigenvalue weighted by molar-refractivity contribution is -0.0480. The highest BCUT2D eigenvalue weighted by Crippen LogP contribution is 2.49. The average Bonchev–Trinajstić information content (AvgIpc) is 3.24. The fourth-order valence-electron chi connectivity index (χ4n) is 3.56. The van der Waals surface area contributed by atoms with Gasteiger partial charge in [-0.1, -0.05) is 45.9 Å². The number of nitrogens with zero attached hydrogens (tertiary/aromatic N) is 4. The lowest BCUT2D eigenvalue weighted by Crippen LogP contribution is -2.55. The van der Waals surface area contributed by atoms with Crippen LogP contribution in [-0.4, -0.2) is 65.4 Å². The van der Waals surface area contributed by atoms with Crippen LogP contribution in [-0.2, 0) is 9.26 Å². The molecule has 2 aromatic heterocycles. The molecule has 10 nitrogen and oxygen atoms in total. The summed E-state index contributed by atoms with van der Waals surface area (Å²) in [7, 11) is -1.03. The number of para-hydroxylation sites is 1. The van der Waals surface area contributed by atoms with Gasteiger partial charge < -0.3 is 24.8 Å². The number of nitrogen functional groups attached to an aromatic ring is 1. The number of aromatic nitrogens is 4. The standard InChI is InChI=1S/C23H30N5O5PS/c1-14(2)34(15(3)4)33-17(11-29)23(5,32-22(35)31-16-9-7-6-8-10-16)21(30)28-13-27-18-19(24)25-12-26-20(18)28/h6-10,12-15,17,29H,11H2,1-5H3,(H2,24,25,26)/t17-,23+/m0/s1. The molecular formula is C23H30N5O5PS. The molecular weight excluding hydrogens is 489 g/mol. The first-order valence-electron chi connectivity index (χ1n) is 11.1. The summed E-state index contributed by atoms with van der Waals surface area (Å²) in [4.78, 5) is 26.2. The number of carbonyl (C=O) groups is 1. The van der Waals surface area contributed by atoms with Gasteiger partial charge in [0, 0.05) is 20.4 Å². The molecule has 0 aliphatic heterocycles. The van der Waals surface area contributed by atoms with Crippen molar-refractivity contribution >= 4 is 48.5 Å². The number of ether oxygens (including phenoxy) is 2. The van der Waals surface area contributed by atoms with E-state index in [0.717, 1.165) is 0 Å². The lowest BCUT2D eigenvalue weighted by Gasteiger charge is -2.38. The first-order chi connectivity index (χ1) is 16.6. The van der Waals surface area contributed by atoms with Crippen molar-refractivity contribution in [1.29, 1.82) is 0 Å². The molecule has 188 valence electrons. The van der Waals surface area contributed by atoms with E-state index in [4.69, 9.17) is 31.9 Å². The largest absolute Gasteiger partial charge is 0.437 e. The molecule has 0 spiro atoms. The molecule has 0 saturated heterocycles. The van der Waals surface area contributed by atoms with E-state index in [0.29, 0.717) is 5.75 Å². The van der Waals surface area contributed by atoms with Crippen LogP contribution in [0.25, 0.3) is 11.2 Å². The van der Waals surface area contributed by atoms with Gasteiger partial charge in [0.05, 0.1) is 6.61 Å². The predicted octanol–water partition coefficient (Wildman–Crippen LogP) is 3.78. The number of nitrogens with two attached hydrogens (primary N) is 1. The number of imidazole rings is 1. The molecule has 3 N–H and O–H groups in total. The highest BCUT2D eigenvalue weighted by atomic mass is 32.1. The zero-order valence-corrected chi connectivity index (χ0v) is 22.0. The number of benzene rings is 1. The van der Waals surface area contributed by atoms with Crippen molar-refractivity contribution in [3.05, 3.63) is 43.0 Å². The van der Waals surface area contributed by atoms with E-state index in [2.05, 4.69) is 15.0 Å². The third-order valence-corrected chi connectivity index (χ3v) is 7.99. The van der Waals surface area contributed by atoms with Crippen molar-refractivity contribution in [2.45, 2.75) is 57.6 Å². The van der Waals surface area contributed by atoms with Crippen molar-refractivity contribution in [3.63, 3.8) is 0 Å². The van der Waals surface area contributed by atoms with E-state index in [9.17, 15) is 9.90 Å². The first-order valence-corrected chi connectivity index (χ1v) is 12.9. The second-order valence-corrected chi connectivity index (χ2v) is 11.9. The molecule has 2 atom stereocenters. The minimum atomic E-state index is -1.79. The Bertz CT molecular complexity index is 1170. The Morgan fingerprint density at radius 2 is 1.83 bits per heavy atom. The van der Waals surface area contributed by atoms with Crippen LogP contribution in [0.1, 0.15) is 39.4 Å². The van der Waals surface area contributed by atoms with Gasteiger partial charge in [-0.05, 0) is 30.4 Å². The van der Waals surface area contributed by atoms with E-state index >= 15 is 0 Å². The molecule has 3 rings (SSSR count). The van der Waals surface area contributed by atoms with Gasteiger partial charge in [-0.2, -0.15) is 0 Å². The van der Waals surface area contributed by atoms with Crippen LogP contribution < -0.4 is 10.5 Å². The van der Waals surface area contributed by atoms with Crippen molar-refractivity contribution < 1.29 is 23.9 Å². The molecule has 1 aromatic carbocycles. The first kappa shape index (κ1) is 26.9. The molecule has 0 radical (unpaired) electrons. The normalized spacial score (nSPS) is 14.3. The number of hydrogen-bond donors (Lipinski definition) is 2. The van der Waals surface area contributed by atoms with Crippen LogP contribution in [0.3, 0.4) is 0 Å². The molecule has 2 heterocycles. The van der Waals surface area contributed by atoms with Crippen LogP contribution >= 0.6 is 20.4 Å². The maximum Gasteiger partial charge on any atom is 0.359 e. The summed E-state index contributed by atoms with van der Waals surface area (Å²) in [6.45, 7) is 9.14. The Morgan fingerprint density at radius 3 is 2.43 bits per heavy atom. The number of rotatable bonds is 9. The van der Waals surface area contributed by atoms with Gasteiger partial charge in [0.1, 0.15) is 24.5 Å². The van der Waals surface area contributed by atoms with Crippen LogP contribution in [0.2, 0.25) is 0 Å². The Balaban J connectivity index is 2.02. The second kappa shape index (κ2) is 11.3. The smallest absolute Gasteiger partial charge is 0.359 e. The van der Waals surface area contributed by atoms with Gasteiger partial charge in [-0.25, -0.2) is 19.5 Å². The van der Waals surface area contributed by atoms with Crippen molar-refractivity contribution in [1.82, 2.24) is 19.5 Å². The van der Waals surface area contributed by atoms with Crippen LogP contribution in [0, 0.1) is 0 Å². The molecule has 0 fully saturated rings. The minimum Gasteiger partial charge on any atom is -0.437 e. The van der Waals surface area contributed by atoms with E-state index in [1.165, 1.54) is 24.1 Å². The summed E-state index contributed by atoms with van der Waals surface area (Å²) in [5, 5.41) is 10.1. The van der Waals surface area contributed by atoms with Gasteiger partial charge in [0.2, 0.25) is 5.60 Å². The molecule has 0 aliphatic rings. The maximum atomic E-state index is 14.0. The topological polar surface area (TPSA) is 135 Å². The molecule has 0 aliphatic carbocycles. The summed E-state index contributed by atoms with van der Waals surface area (Å²) >= 11 is 5.33. The summed E-state index contributed by atoms with van der Waals surface area (Å²) < 4.78 is 19.2. The third kappa shape index (κ3) is 5.92. The van der Waals surface area contributed by atoms with E-state index in [1.807, 2.05) is 33.8 Å². The molecule has 0 bridgehead atoms. The monoisotopic (exact) mass is 519 g/mol. The van der Waals surface area contributed by atoms with Crippen molar-refractivity contribution in [3.8, 4) is 5.75 Å². The zero-order chi connectivity index (χ0) is 25.8. The van der Waals surface area contributed by atoms with Gasteiger partial charge in [-0.15, -0.1) is 0 Å². The summed E-state index contributed by atoms with van der Waals surface area (Å²) in [5.74, 6) is -0.0437. The van der Waals surface area contributed by atoms with Crippen molar-refractivity contribution in [2.24, 2.45) is 0 Å². The highest BCUT2D eigenvalue weighted by Gasteiger charge is 2.49. The number of hydrogen-bond acceptors (Lipinski definition) is 10. The average molecular weight is 520 g/mol. The molecule has 12 heteroatoms. The fourth-order valence-corrected chi connectivity index (χ4v) is 6.07. The number of aliphatic hydroxyl groups is 1. The van der Waals surface area contributed by atoms with E-state index in [1.54, 1.807) is 24.3 Å². The van der Waals surface area contributed by atoms with Gasteiger partial charge >= 0.3 is 5.24 Å². The maximum absolute atomic E-state index is 14.0. The third-order valence-electron chi connectivity index (χ3n) is 5.29.